The normalized spacial score (nSPS) is 23.9. The van der Waals surface area contributed by atoms with E-state index in [0.717, 1.165) is 37.8 Å². The quantitative estimate of drug-likeness (QED) is 0.616. The van der Waals surface area contributed by atoms with Crippen LogP contribution < -0.4 is 5.32 Å². The van der Waals surface area contributed by atoms with Crippen molar-refractivity contribution in [1.82, 2.24) is 5.32 Å². The van der Waals surface area contributed by atoms with Crippen molar-refractivity contribution < 1.29 is 4.74 Å². The van der Waals surface area contributed by atoms with Crippen LogP contribution in [0, 0.1) is 5.92 Å². The van der Waals surface area contributed by atoms with Crippen molar-refractivity contribution in [2.75, 3.05) is 26.3 Å². The lowest BCUT2D eigenvalue weighted by molar-refractivity contribution is 0.124. The molecule has 11 heavy (non-hydrogen) atoms. The Balaban J connectivity index is 1.98. The number of ether oxygens (including phenoxy) is 1. The second kappa shape index (κ2) is 4.52. The van der Waals surface area contributed by atoms with Crippen molar-refractivity contribution in [2.45, 2.75) is 13.3 Å². The molecular formula is C9H17NO. The Bertz CT molecular complexity index is 128. The third kappa shape index (κ3) is 3.54. The van der Waals surface area contributed by atoms with Gasteiger partial charge in [-0.15, -0.1) is 0 Å². The molecule has 0 aromatic heterocycles. The molecular weight excluding hydrogens is 138 g/mol. The van der Waals surface area contributed by atoms with Crippen LogP contribution in [0.15, 0.2) is 12.2 Å². The molecule has 0 radical (unpaired) electrons. The Hall–Kier alpha value is -0.340. The van der Waals surface area contributed by atoms with Crippen LogP contribution in [-0.4, -0.2) is 26.3 Å². The maximum atomic E-state index is 5.44. The molecule has 0 unspecified atom stereocenters. The number of rotatable bonds is 4. The minimum Gasteiger partial charge on any atom is -0.377 e. The van der Waals surface area contributed by atoms with Crippen molar-refractivity contribution >= 4 is 0 Å². The van der Waals surface area contributed by atoms with E-state index in [0.29, 0.717) is 0 Å². The number of hydrogen-bond donors (Lipinski definition) is 1. The fourth-order valence-corrected chi connectivity index (χ4v) is 1.26. The molecule has 1 aliphatic heterocycles. The summed E-state index contributed by atoms with van der Waals surface area (Å²) in [5.74, 6) is 0.731. The van der Waals surface area contributed by atoms with Crippen molar-refractivity contribution in [1.29, 1.82) is 0 Å². The van der Waals surface area contributed by atoms with Crippen molar-refractivity contribution in [2.24, 2.45) is 5.92 Å². The number of nitrogens with one attached hydrogen (secondary N) is 1. The van der Waals surface area contributed by atoms with Gasteiger partial charge in [-0.1, -0.05) is 12.2 Å². The molecule has 0 aromatic rings. The fraction of sp³-hybridized carbons (Fsp3) is 0.778. The molecule has 0 amide bonds. The van der Waals surface area contributed by atoms with E-state index in [9.17, 15) is 0 Å². The Kier molecular flexibility index (Phi) is 3.60. The lowest BCUT2D eigenvalue weighted by Gasteiger charge is -2.08. The highest BCUT2D eigenvalue weighted by Gasteiger charge is 2.13. The largest absolute Gasteiger partial charge is 0.377 e. The van der Waals surface area contributed by atoms with E-state index in [1.54, 1.807) is 0 Å². The number of hydrogen-bond acceptors (Lipinski definition) is 2. The second-order valence-electron chi connectivity index (χ2n) is 3.33. The van der Waals surface area contributed by atoms with Crippen LogP contribution in [0.5, 0.6) is 0 Å². The molecule has 1 fully saturated rings. The van der Waals surface area contributed by atoms with E-state index in [1.165, 1.54) is 6.42 Å². The van der Waals surface area contributed by atoms with Gasteiger partial charge in [0.25, 0.3) is 0 Å². The molecule has 2 heteroatoms. The fourth-order valence-electron chi connectivity index (χ4n) is 1.26. The second-order valence-corrected chi connectivity index (χ2v) is 3.33. The average Bonchev–Trinajstić information content (AvgIpc) is 2.39. The summed E-state index contributed by atoms with van der Waals surface area (Å²) in [6.07, 6.45) is 1.26. The Morgan fingerprint density at radius 1 is 1.73 bits per heavy atom. The van der Waals surface area contributed by atoms with Crippen LogP contribution in [0.3, 0.4) is 0 Å². The molecule has 1 heterocycles. The van der Waals surface area contributed by atoms with Gasteiger partial charge in [0.05, 0.1) is 13.2 Å². The first kappa shape index (κ1) is 8.75. The van der Waals surface area contributed by atoms with Crippen LogP contribution in [0.4, 0.5) is 0 Å². The van der Waals surface area contributed by atoms with Gasteiger partial charge in [0.2, 0.25) is 0 Å². The van der Waals surface area contributed by atoms with Gasteiger partial charge in [-0.2, -0.15) is 0 Å². The predicted octanol–water partition coefficient (Wildman–Crippen LogP) is 1.19. The summed E-state index contributed by atoms with van der Waals surface area (Å²) in [6, 6.07) is 0. The minimum atomic E-state index is 0.719. The standard InChI is InChI=1S/C9H17NO/c1-8(2)6-11-7-9-3-4-10-5-9/h9-10H,1,3-7H2,2H3/t9-/m0/s1. The lowest BCUT2D eigenvalue weighted by Crippen LogP contribution is -2.14. The van der Waals surface area contributed by atoms with Crippen molar-refractivity contribution in [3.05, 3.63) is 12.2 Å². The highest BCUT2D eigenvalue weighted by molar-refractivity contribution is 4.87. The SMILES string of the molecule is C=C(C)COC[C@H]1CCNC1. The highest BCUT2D eigenvalue weighted by Crippen LogP contribution is 2.07. The average molecular weight is 155 g/mol. The summed E-state index contributed by atoms with van der Waals surface area (Å²) in [5, 5.41) is 3.31. The third-order valence-corrected chi connectivity index (χ3v) is 1.86. The van der Waals surface area contributed by atoms with E-state index in [4.69, 9.17) is 4.74 Å². The minimum absolute atomic E-state index is 0.719. The molecule has 0 spiro atoms. The molecule has 0 aromatic carbocycles. The smallest absolute Gasteiger partial charge is 0.0671 e. The Labute approximate surface area is 68.6 Å². The summed E-state index contributed by atoms with van der Waals surface area (Å²) in [4.78, 5) is 0. The van der Waals surface area contributed by atoms with Crippen LogP contribution in [0.2, 0.25) is 0 Å². The van der Waals surface area contributed by atoms with E-state index in [2.05, 4.69) is 11.9 Å². The van der Waals surface area contributed by atoms with E-state index in [-0.39, 0.29) is 0 Å². The third-order valence-electron chi connectivity index (χ3n) is 1.86. The molecule has 1 saturated heterocycles. The molecule has 0 saturated carbocycles. The zero-order valence-electron chi connectivity index (χ0n) is 7.23. The van der Waals surface area contributed by atoms with E-state index < -0.39 is 0 Å². The van der Waals surface area contributed by atoms with Crippen molar-refractivity contribution in [3.63, 3.8) is 0 Å². The van der Waals surface area contributed by atoms with Gasteiger partial charge < -0.3 is 10.1 Å². The summed E-state index contributed by atoms with van der Waals surface area (Å²) in [7, 11) is 0. The van der Waals surface area contributed by atoms with Gasteiger partial charge in [0.15, 0.2) is 0 Å². The topological polar surface area (TPSA) is 21.3 Å². The van der Waals surface area contributed by atoms with Gasteiger partial charge in [-0.05, 0) is 25.8 Å². The molecule has 0 bridgehead atoms. The predicted molar refractivity (Wildman–Crippen MR) is 46.6 cm³/mol. The summed E-state index contributed by atoms with van der Waals surface area (Å²) in [6.45, 7) is 9.65. The molecule has 1 N–H and O–H groups in total. The van der Waals surface area contributed by atoms with Crippen molar-refractivity contribution in [3.8, 4) is 0 Å². The summed E-state index contributed by atoms with van der Waals surface area (Å²) < 4.78 is 5.44. The Morgan fingerprint density at radius 3 is 3.09 bits per heavy atom. The monoisotopic (exact) mass is 155 g/mol. The molecule has 0 aliphatic carbocycles. The van der Waals surface area contributed by atoms with Gasteiger partial charge in [-0.3, -0.25) is 0 Å². The van der Waals surface area contributed by atoms with Gasteiger partial charge in [0.1, 0.15) is 0 Å². The van der Waals surface area contributed by atoms with E-state index >= 15 is 0 Å². The molecule has 64 valence electrons. The molecule has 1 rings (SSSR count). The van der Waals surface area contributed by atoms with Gasteiger partial charge >= 0.3 is 0 Å². The lowest BCUT2D eigenvalue weighted by atomic mass is 10.1. The first-order valence-electron chi connectivity index (χ1n) is 4.22. The summed E-state index contributed by atoms with van der Waals surface area (Å²) >= 11 is 0. The van der Waals surface area contributed by atoms with Gasteiger partial charge in [0, 0.05) is 6.54 Å². The van der Waals surface area contributed by atoms with Crippen LogP contribution in [-0.2, 0) is 4.74 Å². The molecule has 1 atom stereocenters. The summed E-state index contributed by atoms with van der Waals surface area (Å²) in [5.41, 5.74) is 1.11. The maximum absolute atomic E-state index is 5.44. The first-order chi connectivity index (χ1) is 5.29. The van der Waals surface area contributed by atoms with Gasteiger partial charge in [-0.25, -0.2) is 0 Å². The Morgan fingerprint density at radius 2 is 2.55 bits per heavy atom. The molecule has 2 nitrogen and oxygen atoms in total. The van der Waals surface area contributed by atoms with E-state index in [1.807, 2.05) is 6.92 Å². The zero-order chi connectivity index (χ0) is 8.10. The highest BCUT2D eigenvalue weighted by atomic mass is 16.5. The van der Waals surface area contributed by atoms with Crippen LogP contribution in [0.25, 0.3) is 0 Å². The van der Waals surface area contributed by atoms with Crippen LogP contribution >= 0.6 is 0 Å². The zero-order valence-corrected chi connectivity index (χ0v) is 7.23. The maximum Gasteiger partial charge on any atom is 0.0671 e. The first-order valence-corrected chi connectivity index (χ1v) is 4.22. The molecule has 1 aliphatic rings. The van der Waals surface area contributed by atoms with Crippen LogP contribution in [0.1, 0.15) is 13.3 Å².